The lowest BCUT2D eigenvalue weighted by Gasteiger charge is -2.28. The molecule has 9 heteroatoms. The summed E-state index contributed by atoms with van der Waals surface area (Å²) in [7, 11) is -0.176. The summed E-state index contributed by atoms with van der Waals surface area (Å²) in [5.41, 5.74) is 0.188. The van der Waals surface area contributed by atoms with Gasteiger partial charge in [-0.2, -0.15) is 0 Å². The number of esters is 1. The largest absolute Gasteiger partial charge is 0.497 e. The molecule has 27 heavy (non-hydrogen) atoms. The van der Waals surface area contributed by atoms with Crippen molar-refractivity contribution in [3.63, 3.8) is 0 Å². The molecule has 1 aromatic carbocycles. The Hall–Kier alpha value is -2.29. The Kier molecular flexibility index (Phi) is 5.59. The first-order valence-electron chi connectivity index (χ1n) is 8.75. The lowest BCUT2D eigenvalue weighted by molar-refractivity contribution is -0.137. The Balaban J connectivity index is 1.65. The molecule has 0 N–H and O–H groups in total. The molecule has 1 atom stereocenters. The van der Waals surface area contributed by atoms with E-state index in [0.717, 1.165) is 12.8 Å². The van der Waals surface area contributed by atoms with Crippen molar-refractivity contribution >= 4 is 21.7 Å². The number of sulfone groups is 1. The molecule has 0 spiro atoms. The van der Waals surface area contributed by atoms with Crippen molar-refractivity contribution in [1.82, 2.24) is 4.90 Å². The second-order valence-corrected chi connectivity index (χ2v) is 8.96. The fourth-order valence-corrected chi connectivity index (χ4v) is 5.01. The highest BCUT2D eigenvalue weighted by Gasteiger charge is 2.42. The van der Waals surface area contributed by atoms with Crippen molar-refractivity contribution < 1.29 is 32.2 Å². The zero-order valence-electron chi connectivity index (χ0n) is 15.3. The minimum absolute atomic E-state index is 0.0184. The van der Waals surface area contributed by atoms with E-state index < -0.39 is 22.4 Å². The summed E-state index contributed by atoms with van der Waals surface area (Å²) in [6.07, 6.45) is 2.13. The summed E-state index contributed by atoms with van der Waals surface area (Å²) >= 11 is 0. The van der Waals surface area contributed by atoms with E-state index in [-0.39, 0.29) is 40.8 Å². The monoisotopic (exact) mass is 397 g/mol. The van der Waals surface area contributed by atoms with E-state index >= 15 is 0 Å². The summed E-state index contributed by atoms with van der Waals surface area (Å²) in [6, 6.07) is 4.38. The molecule has 0 aromatic heterocycles. The van der Waals surface area contributed by atoms with Gasteiger partial charge in [0.15, 0.2) is 16.4 Å². The fourth-order valence-electron chi connectivity index (χ4n) is 3.30. The number of methoxy groups -OCH3 is 2. The Morgan fingerprint density at radius 3 is 2.41 bits per heavy atom. The van der Waals surface area contributed by atoms with Crippen molar-refractivity contribution in [3.05, 3.63) is 23.8 Å². The number of carbonyl (C=O) groups excluding carboxylic acids is 2. The van der Waals surface area contributed by atoms with Crippen LogP contribution in [0.2, 0.25) is 0 Å². The Morgan fingerprint density at radius 1 is 1.11 bits per heavy atom. The van der Waals surface area contributed by atoms with Gasteiger partial charge in [0.25, 0.3) is 5.91 Å². The van der Waals surface area contributed by atoms with Gasteiger partial charge in [-0.15, -0.1) is 0 Å². The van der Waals surface area contributed by atoms with Gasteiger partial charge in [0.1, 0.15) is 17.1 Å². The number of rotatable bonds is 7. The van der Waals surface area contributed by atoms with Crippen molar-refractivity contribution in [2.45, 2.75) is 31.3 Å². The maximum atomic E-state index is 12.6. The molecule has 1 aliphatic carbocycles. The highest BCUT2D eigenvalue weighted by Crippen LogP contribution is 2.32. The third-order valence-corrected chi connectivity index (χ3v) is 6.54. The van der Waals surface area contributed by atoms with Gasteiger partial charge in [-0.25, -0.2) is 13.2 Å². The third kappa shape index (κ3) is 4.52. The van der Waals surface area contributed by atoms with Crippen LogP contribution >= 0.6 is 0 Å². The maximum Gasteiger partial charge on any atom is 0.342 e. The number of hydrogen-bond acceptors (Lipinski definition) is 7. The first-order chi connectivity index (χ1) is 12.8. The van der Waals surface area contributed by atoms with E-state index in [0.29, 0.717) is 12.2 Å². The van der Waals surface area contributed by atoms with Gasteiger partial charge in [-0.1, -0.05) is 0 Å². The number of carbonyl (C=O) groups is 2. The summed E-state index contributed by atoms with van der Waals surface area (Å²) < 4.78 is 38.9. The molecule has 1 saturated carbocycles. The number of ether oxygens (including phenoxy) is 3. The topological polar surface area (TPSA) is 99.2 Å². The van der Waals surface area contributed by atoms with Crippen LogP contribution in [0.15, 0.2) is 18.2 Å². The zero-order chi connectivity index (χ0) is 19.6. The molecule has 8 nitrogen and oxygen atoms in total. The van der Waals surface area contributed by atoms with E-state index in [9.17, 15) is 18.0 Å². The van der Waals surface area contributed by atoms with E-state index in [1.165, 1.54) is 20.3 Å². The first kappa shape index (κ1) is 19.5. The Morgan fingerprint density at radius 2 is 1.85 bits per heavy atom. The van der Waals surface area contributed by atoms with Gasteiger partial charge < -0.3 is 19.1 Å². The lowest BCUT2D eigenvalue weighted by atomic mass is 10.2. The minimum Gasteiger partial charge on any atom is -0.497 e. The maximum absolute atomic E-state index is 12.6. The van der Waals surface area contributed by atoms with Crippen LogP contribution in [0.4, 0.5) is 0 Å². The lowest BCUT2D eigenvalue weighted by Crippen LogP contribution is -2.44. The molecule has 148 valence electrons. The second-order valence-electron chi connectivity index (χ2n) is 6.73. The Labute approximate surface area is 158 Å². The minimum atomic E-state index is -3.10. The summed E-state index contributed by atoms with van der Waals surface area (Å²) in [5.74, 6) is -0.153. The molecule has 1 aromatic rings. The van der Waals surface area contributed by atoms with Gasteiger partial charge in [-0.3, -0.25) is 4.79 Å². The molecule has 0 radical (unpaired) electrons. The van der Waals surface area contributed by atoms with E-state index in [1.807, 2.05) is 0 Å². The van der Waals surface area contributed by atoms with Crippen molar-refractivity contribution in [3.8, 4) is 11.5 Å². The van der Waals surface area contributed by atoms with Gasteiger partial charge in [0, 0.05) is 18.2 Å². The molecular weight excluding hydrogens is 374 g/mol. The van der Waals surface area contributed by atoms with Crippen LogP contribution in [-0.4, -0.2) is 69.6 Å². The Bertz CT molecular complexity index is 832. The number of nitrogens with zero attached hydrogens (tertiary/aromatic N) is 1. The second kappa shape index (κ2) is 7.75. The first-order valence-corrected chi connectivity index (χ1v) is 10.6. The molecule has 0 unspecified atom stereocenters. The summed E-state index contributed by atoms with van der Waals surface area (Å²) in [4.78, 5) is 26.6. The molecule has 1 aliphatic heterocycles. The molecule has 1 amide bonds. The SMILES string of the molecule is COc1ccc(C(=O)OCC(=O)N(C2CC2)[C@@H]2CCS(=O)(=O)C2)c(OC)c1. The van der Waals surface area contributed by atoms with Crippen LogP contribution in [-0.2, 0) is 19.4 Å². The van der Waals surface area contributed by atoms with Crippen molar-refractivity contribution in [2.24, 2.45) is 0 Å². The van der Waals surface area contributed by atoms with E-state index in [4.69, 9.17) is 14.2 Å². The van der Waals surface area contributed by atoms with Crippen LogP contribution < -0.4 is 9.47 Å². The number of benzene rings is 1. The van der Waals surface area contributed by atoms with Crippen molar-refractivity contribution in [1.29, 1.82) is 0 Å². The summed E-state index contributed by atoms with van der Waals surface area (Å²) in [5, 5.41) is 0. The molecular formula is C18H23NO7S. The molecule has 2 aliphatic rings. The molecule has 0 bridgehead atoms. The normalized spacial score (nSPS) is 20.7. The van der Waals surface area contributed by atoms with Crippen LogP contribution in [0.25, 0.3) is 0 Å². The summed E-state index contributed by atoms with van der Waals surface area (Å²) in [6.45, 7) is -0.429. The molecule has 1 heterocycles. The highest BCUT2D eigenvalue weighted by atomic mass is 32.2. The van der Waals surface area contributed by atoms with Crippen LogP contribution in [0, 0.1) is 0 Å². The number of amides is 1. The van der Waals surface area contributed by atoms with Gasteiger partial charge in [-0.05, 0) is 31.4 Å². The fraction of sp³-hybridized carbons (Fsp3) is 0.556. The predicted molar refractivity (Wildman–Crippen MR) is 96.8 cm³/mol. The van der Waals surface area contributed by atoms with Crippen LogP contribution in [0.5, 0.6) is 11.5 Å². The zero-order valence-corrected chi connectivity index (χ0v) is 16.2. The van der Waals surface area contributed by atoms with Crippen LogP contribution in [0.1, 0.15) is 29.6 Å². The molecule has 1 saturated heterocycles. The van der Waals surface area contributed by atoms with E-state index in [1.54, 1.807) is 17.0 Å². The third-order valence-electron chi connectivity index (χ3n) is 4.79. The van der Waals surface area contributed by atoms with Gasteiger partial charge in [0.05, 0.1) is 25.7 Å². The highest BCUT2D eigenvalue weighted by molar-refractivity contribution is 7.91. The average Bonchev–Trinajstić information content (AvgIpc) is 3.42. The van der Waals surface area contributed by atoms with Crippen molar-refractivity contribution in [2.75, 3.05) is 32.3 Å². The molecule has 2 fully saturated rings. The van der Waals surface area contributed by atoms with E-state index in [2.05, 4.69) is 0 Å². The van der Waals surface area contributed by atoms with Crippen LogP contribution in [0.3, 0.4) is 0 Å². The quantitative estimate of drug-likeness (QED) is 0.634. The van der Waals surface area contributed by atoms with Gasteiger partial charge in [0.2, 0.25) is 0 Å². The standard InChI is InChI=1S/C18H23NO7S/c1-24-14-5-6-15(16(9-14)25-2)18(21)26-10-17(20)19(12-3-4-12)13-7-8-27(22,23)11-13/h5-6,9,12-13H,3-4,7-8,10-11H2,1-2H3/t13-/m1/s1. The van der Waals surface area contributed by atoms with Gasteiger partial charge >= 0.3 is 5.97 Å². The predicted octanol–water partition coefficient (Wildman–Crippen LogP) is 1.04. The average molecular weight is 397 g/mol. The smallest absolute Gasteiger partial charge is 0.342 e. The molecule has 3 rings (SSSR count). The number of hydrogen-bond donors (Lipinski definition) is 0.